The quantitative estimate of drug-likeness (QED) is 0.754. The maximum absolute atomic E-state index is 11.6. The maximum atomic E-state index is 11.6. The summed E-state index contributed by atoms with van der Waals surface area (Å²) in [7, 11) is 0. The van der Waals surface area contributed by atoms with E-state index in [0.29, 0.717) is 11.5 Å². The molecule has 0 aromatic carbocycles. The third-order valence-corrected chi connectivity index (χ3v) is 6.54. The molecule has 0 unspecified atom stereocenters. The van der Waals surface area contributed by atoms with Crippen LogP contribution in [0.5, 0.6) is 0 Å². The number of piperidine rings is 1. The summed E-state index contributed by atoms with van der Waals surface area (Å²) < 4.78 is 6.06. The molecule has 4 aliphatic rings. The van der Waals surface area contributed by atoms with Gasteiger partial charge in [0.1, 0.15) is 0 Å². The first-order valence-electron chi connectivity index (χ1n) is 9.71. The summed E-state index contributed by atoms with van der Waals surface area (Å²) in [5, 5.41) is 0. The number of carbonyl (C=O) groups is 1. The van der Waals surface area contributed by atoms with Crippen molar-refractivity contribution in [3.8, 4) is 0 Å². The third-order valence-electron chi connectivity index (χ3n) is 6.54. The molecule has 0 aromatic rings. The Hall–Kier alpha value is -0.610. The number of carbonyl (C=O) groups excluding carboxylic acids is 1. The van der Waals surface area contributed by atoms with Gasteiger partial charge in [0.05, 0.1) is 6.61 Å². The lowest BCUT2D eigenvalue weighted by Gasteiger charge is -2.39. The number of amides is 1. The van der Waals surface area contributed by atoms with Crippen LogP contribution in [0.15, 0.2) is 0 Å². The van der Waals surface area contributed by atoms with E-state index < -0.39 is 0 Å². The van der Waals surface area contributed by atoms with E-state index in [2.05, 4.69) is 4.90 Å². The molecule has 1 spiro atoms. The summed E-state index contributed by atoms with van der Waals surface area (Å²) >= 11 is 0. The lowest BCUT2D eigenvalue weighted by Crippen LogP contribution is -2.43. The SMILES string of the molecule is CC(=O)N1CCC2(CC1)C[C@H](COCC1CC1)N(CC1CC1)C2. The Kier molecular flexibility index (Phi) is 4.39. The molecule has 4 nitrogen and oxygen atoms in total. The fourth-order valence-corrected chi connectivity index (χ4v) is 4.58. The van der Waals surface area contributed by atoms with Crippen LogP contribution in [0.2, 0.25) is 0 Å². The lowest BCUT2D eigenvalue weighted by atomic mass is 9.76. The van der Waals surface area contributed by atoms with Crippen molar-refractivity contribution in [2.45, 2.75) is 57.9 Å². The first kappa shape index (κ1) is 15.9. The number of hydrogen-bond donors (Lipinski definition) is 0. The Morgan fingerprint density at radius 2 is 1.78 bits per heavy atom. The molecule has 4 fully saturated rings. The highest BCUT2D eigenvalue weighted by atomic mass is 16.5. The van der Waals surface area contributed by atoms with E-state index in [0.717, 1.165) is 38.1 Å². The van der Waals surface area contributed by atoms with Gasteiger partial charge in [-0.15, -0.1) is 0 Å². The number of rotatable bonds is 6. The van der Waals surface area contributed by atoms with Crippen molar-refractivity contribution in [2.24, 2.45) is 17.3 Å². The van der Waals surface area contributed by atoms with Gasteiger partial charge >= 0.3 is 0 Å². The van der Waals surface area contributed by atoms with Gasteiger partial charge in [-0.1, -0.05) is 0 Å². The van der Waals surface area contributed by atoms with Gasteiger partial charge in [0.15, 0.2) is 0 Å². The van der Waals surface area contributed by atoms with Gasteiger partial charge in [0.2, 0.25) is 5.91 Å². The summed E-state index contributed by atoms with van der Waals surface area (Å²) in [6.07, 6.45) is 9.27. The lowest BCUT2D eigenvalue weighted by molar-refractivity contribution is -0.131. The van der Waals surface area contributed by atoms with Crippen molar-refractivity contribution >= 4 is 5.91 Å². The van der Waals surface area contributed by atoms with Crippen molar-refractivity contribution in [3.05, 3.63) is 0 Å². The summed E-state index contributed by atoms with van der Waals surface area (Å²) in [6.45, 7) is 8.08. The van der Waals surface area contributed by atoms with Gasteiger partial charge in [-0.2, -0.15) is 0 Å². The average molecular weight is 320 g/mol. The molecule has 2 heterocycles. The monoisotopic (exact) mass is 320 g/mol. The number of nitrogens with zero attached hydrogens (tertiary/aromatic N) is 2. The van der Waals surface area contributed by atoms with Crippen LogP contribution in [-0.4, -0.2) is 61.1 Å². The second-order valence-corrected chi connectivity index (χ2v) is 8.72. The minimum Gasteiger partial charge on any atom is -0.380 e. The molecular weight excluding hydrogens is 288 g/mol. The van der Waals surface area contributed by atoms with Gasteiger partial charge in [-0.25, -0.2) is 0 Å². The normalized spacial score (nSPS) is 31.0. The van der Waals surface area contributed by atoms with E-state index in [1.807, 2.05) is 4.90 Å². The molecular formula is C19H32N2O2. The van der Waals surface area contributed by atoms with Crippen molar-refractivity contribution in [1.29, 1.82) is 0 Å². The fraction of sp³-hybridized carbons (Fsp3) is 0.947. The largest absolute Gasteiger partial charge is 0.380 e. The Morgan fingerprint density at radius 1 is 1.09 bits per heavy atom. The molecule has 1 atom stereocenters. The summed E-state index contributed by atoms with van der Waals surface area (Å²) in [5.74, 6) is 2.06. The van der Waals surface area contributed by atoms with Crippen LogP contribution >= 0.6 is 0 Å². The first-order chi connectivity index (χ1) is 11.1. The standard InChI is InChI=1S/C19H32N2O2/c1-15(22)20-8-6-19(7-9-20)10-18(13-23-12-17-4-5-17)21(14-19)11-16-2-3-16/h16-18H,2-14H2,1H3/t18-/m1/s1. The molecule has 1 amide bonds. The molecule has 0 bridgehead atoms. The molecule has 4 heteroatoms. The molecule has 130 valence electrons. The van der Waals surface area contributed by atoms with Crippen LogP contribution in [0.25, 0.3) is 0 Å². The Bertz CT molecular complexity index is 437. The van der Waals surface area contributed by atoms with Gasteiger partial charge in [0, 0.05) is 45.8 Å². The molecule has 0 radical (unpaired) electrons. The van der Waals surface area contributed by atoms with E-state index in [9.17, 15) is 4.79 Å². The molecule has 2 aliphatic carbocycles. The average Bonchev–Trinajstić information content (AvgIpc) is 3.42. The van der Waals surface area contributed by atoms with Gasteiger partial charge < -0.3 is 9.64 Å². The van der Waals surface area contributed by atoms with Gasteiger partial charge in [-0.05, 0) is 62.2 Å². The van der Waals surface area contributed by atoms with E-state index in [4.69, 9.17) is 4.74 Å². The topological polar surface area (TPSA) is 32.8 Å². The van der Waals surface area contributed by atoms with Gasteiger partial charge in [0.25, 0.3) is 0 Å². The number of likely N-dealkylation sites (tertiary alicyclic amines) is 2. The maximum Gasteiger partial charge on any atom is 0.219 e. The summed E-state index contributed by atoms with van der Waals surface area (Å²) in [4.78, 5) is 16.4. The third kappa shape index (κ3) is 3.90. The van der Waals surface area contributed by atoms with Crippen LogP contribution < -0.4 is 0 Å². The highest BCUT2D eigenvalue weighted by Crippen LogP contribution is 2.45. The van der Waals surface area contributed by atoms with Crippen molar-refractivity contribution in [3.63, 3.8) is 0 Å². The van der Waals surface area contributed by atoms with Gasteiger partial charge in [-0.3, -0.25) is 9.69 Å². The molecule has 0 N–H and O–H groups in total. The fourth-order valence-electron chi connectivity index (χ4n) is 4.58. The van der Waals surface area contributed by atoms with Crippen LogP contribution in [0.4, 0.5) is 0 Å². The number of ether oxygens (including phenoxy) is 1. The molecule has 2 saturated carbocycles. The molecule has 4 rings (SSSR count). The zero-order valence-corrected chi connectivity index (χ0v) is 14.6. The van der Waals surface area contributed by atoms with Crippen molar-refractivity contribution in [2.75, 3.05) is 39.4 Å². The zero-order chi connectivity index (χ0) is 15.9. The van der Waals surface area contributed by atoms with Crippen molar-refractivity contribution < 1.29 is 9.53 Å². The molecule has 23 heavy (non-hydrogen) atoms. The molecule has 0 aromatic heterocycles. The summed E-state index contributed by atoms with van der Waals surface area (Å²) in [6, 6.07) is 0.623. The second-order valence-electron chi connectivity index (χ2n) is 8.72. The van der Waals surface area contributed by atoms with E-state index in [-0.39, 0.29) is 5.91 Å². The van der Waals surface area contributed by atoms with E-state index in [1.54, 1.807) is 6.92 Å². The minimum atomic E-state index is 0.247. The zero-order valence-electron chi connectivity index (χ0n) is 14.6. The van der Waals surface area contributed by atoms with Crippen LogP contribution in [0.3, 0.4) is 0 Å². The predicted octanol–water partition coefficient (Wildman–Crippen LogP) is 2.53. The number of hydrogen-bond acceptors (Lipinski definition) is 3. The smallest absolute Gasteiger partial charge is 0.219 e. The predicted molar refractivity (Wildman–Crippen MR) is 90.2 cm³/mol. The van der Waals surface area contributed by atoms with Crippen LogP contribution in [0.1, 0.15) is 51.9 Å². The first-order valence-corrected chi connectivity index (χ1v) is 9.71. The van der Waals surface area contributed by atoms with E-state index in [1.165, 1.54) is 58.0 Å². The van der Waals surface area contributed by atoms with Crippen LogP contribution in [-0.2, 0) is 9.53 Å². The van der Waals surface area contributed by atoms with E-state index >= 15 is 0 Å². The minimum absolute atomic E-state index is 0.247. The Morgan fingerprint density at radius 3 is 2.39 bits per heavy atom. The Balaban J connectivity index is 1.33. The molecule has 2 saturated heterocycles. The van der Waals surface area contributed by atoms with Crippen molar-refractivity contribution in [1.82, 2.24) is 9.80 Å². The Labute approximate surface area is 140 Å². The second kappa shape index (κ2) is 6.36. The summed E-state index contributed by atoms with van der Waals surface area (Å²) in [5.41, 5.74) is 0.453. The highest BCUT2D eigenvalue weighted by Gasteiger charge is 2.46. The molecule has 2 aliphatic heterocycles. The van der Waals surface area contributed by atoms with Crippen LogP contribution in [0, 0.1) is 17.3 Å². The highest BCUT2D eigenvalue weighted by molar-refractivity contribution is 5.73.